The highest BCUT2D eigenvalue weighted by Crippen LogP contribution is 2.28. The maximum Gasteiger partial charge on any atom is 0.310 e. The molecule has 0 unspecified atom stereocenters. The van der Waals surface area contributed by atoms with Gasteiger partial charge in [0.2, 0.25) is 0 Å². The Labute approximate surface area is 109 Å². The Bertz CT molecular complexity index is 548. The summed E-state index contributed by atoms with van der Waals surface area (Å²) < 4.78 is 9.69. The second kappa shape index (κ2) is 6.35. The van der Waals surface area contributed by atoms with Crippen LogP contribution in [0.25, 0.3) is 0 Å². The molecule has 0 aromatic heterocycles. The summed E-state index contributed by atoms with van der Waals surface area (Å²) in [4.78, 5) is 21.6. The molecule has 0 aliphatic carbocycles. The average molecular weight is 264 g/mol. The zero-order chi connectivity index (χ0) is 14.4. The van der Waals surface area contributed by atoms with Crippen molar-refractivity contribution in [1.29, 1.82) is 5.26 Å². The summed E-state index contributed by atoms with van der Waals surface area (Å²) in [5.41, 5.74) is 0.0725. The predicted octanol–water partition coefficient (Wildman–Crippen LogP) is 1.58. The molecular formula is C12H12N2O5. The van der Waals surface area contributed by atoms with Gasteiger partial charge in [0.25, 0.3) is 5.69 Å². The van der Waals surface area contributed by atoms with Crippen molar-refractivity contribution in [1.82, 2.24) is 0 Å². The number of carbonyl (C=O) groups excluding carboxylic acids is 1. The van der Waals surface area contributed by atoms with Crippen LogP contribution in [0, 0.1) is 21.4 Å². The van der Waals surface area contributed by atoms with E-state index < -0.39 is 10.9 Å². The summed E-state index contributed by atoms with van der Waals surface area (Å²) in [6, 6.07) is 4.20. The number of carbonyl (C=O) groups is 1. The van der Waals surface area contributed by atoms with Crippen molar-refractivity contribution >= 4 is 11.7 Å². The number of hydrogen-bond donors (Lipinski definition) is 0. The quantitative estimate of drug-likeness (QED) is 0.454. The number of nitro benzene ring substituents is 1. The Morgan fingerprint density at radius 2 is 2.21 bits per heavy atom. The largest absolute Gasteiger partial charge is 0.495 e. The van der Waals surface area contributed by atoms with Crippen LogP contribution in [0.4, 0.5) is 5.69 Å². The number of nitrogens with zero attached hydrogens (tertiary/aromatic N) is 2. The van der Waals surface area contributed by atoms with Crippen molar-refractivity contribution in [2.45, 2.75) is 13.3 Å². The molecule has 0 radical (unpaired) electrons. The zero-order valence-electron chi connectivity index (χ0n) is 10.5. The van der Waals surface area contributed by atoms with Crippen LogP contribution in [0.5, 0.6) is 5.75 Å². The highest BCUT2D eigenvalue weighted by molar-refractivity contribution is 5.75. The van der Waals surface area contributed by atoms with Crippen LogP contribution in [0.3, 0.4) is 0 Å². The Kier molecular flexibility index (Phi) is 4.83. The number of hydrogen-bond acceptors (Lipinski definition) is 6. The number of esters is 1. The van der Waals surface area contributed by atoms with Crippen LogP contribution < -0.4 is 4.74 Å². The number of methoxy groups -OCH3 is 1. The third kappa shape index (κ3) is 3.42. The van der Waals surface area contributed by atoms with Crippen LogP contribution >= 0.6 is 0 Å². The van der Waals surface area contributed by atoms with Crippen molar-refractivity contribution in [3.63, 3.8) is 0 Å². The van der Waals surface area contributed by atoms with Gasteiger partial charge in [0, 0.05) is 6.07 Å². The number of nitriles is 1. The number of ether oxygens (including phenoxy) is 2. The Morgan fingerprint density at radius 3 is 2.68 bits per heavy atom. The van der Waals surface area contributed by atoms with Gasteiger partial charge in [-0.15, -0.1) is 0 Å². The minimum atomic E-state index is -0.613. The number of non-ortho nitro benzene ring substituents is 1. The molecule has 0 heterocycles. The van der Waals surface area contributed by atoms with Gasteiger partial charge in [0.15, 0.2) is 0 Å². The number of rotatable bonds is 5. The Morgan fingerprint density at radius 1 is 1.53 bits per heavy atom. The van der Waals surface area contributed by atoms with Crippen molar-refractivity contribution in [2.75, 3.05) is 13.7 Å². The van der Waals surface area contributed by atoms with E-state index in [4.69, 9.17) is 14.7 Å². The monoisotopic (exact) mass is 264 g/mol. The zero-order valence-corrected chi connectivity index (χ0v) is 10.5. The van der Waals surface area contributed by atoms with E-state index in [0.717, 1.165) is 6.07 Å². The fraction of sp³-hybridized carbons (Fsp3) is 0.333. The normalized spacial score (nSPS) is 9.53. The first-order valence-electron chi connectivity index (χ1n) is 5.44. The molecular weight excluding hydrogens is 252 g/mol. The molecule has 0 aliphatic rings. The standard InChI is InChI=1S/C12H12N2O5/c1-3-19-12(15)5-8-4-9(14(16)17)6-11(18-2)10(8)7-13/h4,6H,3,5H2,1-2H3. The summed E-state index contributed by atoms with van der Waals surface area (Å²) in [6.07, 6.45) is -0.214. The van der Waals surface area contributed by atoms with Crippen molar-refractivity contribution in [2.24, 2.45) is 0 Å². The number of benzene rings is 1. The molecule has 100 valence electrons. The van der Waals surface area contributed by atoms with Crippen LogP contribution in [0.1, 0.15) is 18.1 Å². The highest BCUT2D eigenvalue weighted by Gasteiger charge is 2.19. The maximum atomic E-state index is 11.4. The topological polar surface area (TPSA) is 102 Å². The first-order chi connectivity index (χ1) is 9.03. The van der Waals surface area contributed by atoms with Crippen molar-refractivity contribution in [3.8, 4) is 11.8 Å². The summed E-state index contributed by atoms with van der Waals surface area (Å²) in [7, 11) is 1.30. The lowest BCUT2D eigenvalue weighted by Crippen LogP contribution is -2.09. The van der Waals surface area contributed by atoms with Gasteiger partial charge in [0.05, 0.1) is 36.7 Å². The lowest BCUT2D eigenvalue weighted by molar-refractivity contribution is -0.385. The fourth-order valence-electron chi connectivity index (χ4n) is 1.56. The molecule has 0 saturated heterocycles. The van der Waals surface area contributed by atoms with E-state index in [-0.39, 0.29) is 35.6 Å². The minimum Gasteiger partial charge on any atom is -0.495 e. The van der Waals surface area contributed by atoms with Gasteiger partial charge in [0.1, 0.15) is 11.8 Å². The van der Waals surface area contributed by atoms with Crippen molar-refractivity contribution < 1.29 is 19.2 Å². The van der Waals surface area contributed by atoms with E-state index in [2.05, 4.69) is 0 Å². The summed E-state index contributed by atoms with van der Waals surface area (Å²) in [6.45, 7) is 1.85. The van der Waals surface area contributed by atoms with E-state index in [1.165, 1.54) is 13.2 Å². The molecule has 0 aliphatic heterocycles. The third-order valence-electron chi connectivity index (χ3n) is 2.35. The fourth-order valence-corrected chi connectivity index (χ4v) is 1.56. The second-order valence-electron chi connectivity index (χ2n) is 3.53. The first kappa shape index (κ1) is 14.4. The molecule has 19 heavy (non-hydrogen) atoms. The lowest BCUT2D eigenvalue weighted by Gasteiger charge is -2.08. The van der Waals surface area contributed by atoms with Crippen LogP contribution in [0.2, 0.25) is 0 Å². The maximum absolute atomic E-state index is 11.4. The molecule has 0 N–H and O–H groups in total. The first-order valence-corrected chi connectivity index (χ1v) is 5.44. The molecule has 7 heteroatoms. The average Bonchev–Trinajstić information content (AvgIpc) is 2.37. The van der Waals surface area contributed by atoms with Gasteiger partial charge in [-0.05, 0) is 12.5 Å². The van der Waals surface area contributed by atoms with Crippen LogP contribution in [0.15, 0.2) is 12.1 Å². The summed E-state index contributed by atoms with van der Waals surface area (Å²) >= 11 is 0. The predicted molar refractivity (Wildman–Crippen MR) is 64.7 cm³/mol. The molecule has 0 fully saturated rings. The Balaban J connectivity index is 3.27. The Hall–Kier alpha value is -2.62. The molecule has 0 amide bonds. The van der Waals surface area contributed by atoms with Gasteiger partial charge < -0.3 is 9.47 Å². The van der Waals surface area contributed by atoms with E-state index >= 15 is 0 Å². The minimum absolute atomic E-state index is 0.0657. The second-order valence-corrected chi connectivity index (χ2v) is 3.53. The van der Waals surface area contributed by atoms with E-state index in [1.807, 2.05) is 6.07 Å². The number of nitro groups is 1. The van der Waals surface area contributed by atoms with Crippen LogP contribution in [-0.2, 0) is 16.0 Å². The third-order valence-corrected chi connectivity index (χ3v) is 2.35. The van der Waals surface area contributed by atoms with E-state index in [0.29, 0.717) is 0 Å². The molecule has 1 aromatic carbocycles. The van der Waals surface area contributed by atoms with Gasteiger partial charge in [-0.1, -0.05) is 0 Å². The molecule has 7 nitrogen and oxygen atoms in total. The molecule has 1 aromatic rings. The molecule has 0 atom stereocenters. The molecule has 0 saturated carbocycles. The van der Waals surface area contributed by atoms with Crippen molar-refractivity contribution in [3.05, 3.63) is 33.4 Å². The van der Waals surface area contributed by atoms with Crippen LogP contribution in [-0.4, -0.2) is 24.6 Å². The van der Waals surface area contributed by atoms with Gasteiger partial charge in [-0.25, -0.2) is 0 Å². The van der Waals surface area contributed by atoms with E-state index in [9.17, 15) is 14.9 Å². The van der Waals surface area contributed by atoms with Gasteiger partial charge in [-0.3, -0.25) is 14.9 Å². The molecule has 0 spiro atoms. The van der Waals surface area contributed by atoms with E-state index in [1.54, 1.807) is 6.92 Å². The van der Waals surface area contributed by atoms with Gasteiger partial charge in [-0.2, -0.15) is 5.26 Å². The molecule has 0 bridgehead atoms. The highest BCUT2D eigenvalue weighted by atomic mass is 16.6. The summed E-state index contributed by atoms with van der Waals surface area (Å²) in [5, 5.41) is 19.8. The summed E-state index contributed by atoms with van der Waals surface area (Å²) in [5.74, 6) is -0.488. The molecule has 1 rings (SSSR count). The smallest absolute Gasteiger partial charge is 0.310 e. The SMILES string of the molecule is CCOC(=O)Cc1cc([N+](=O)[O-])cc(OC)c1C#N. The van der Waals surface area contributed by atoms with Gasteiger partial charge >= 0.3 is 5.97 Å². The lowest BCUT2D eigenvalue weighted by atomic mass is 10.0.